The Hall–Kier alpha value is -0.550. The molecule has 0 aliphatic carbocycles. The summed E-state index contributed by atoms with van der Waals surface area (Å²) in [4.78, 5) is 11.6. The largest absolute Gasteiger partial charge is 0.417 e. The summed E-state index contributed by atoms with van der Waals surface area (Å²) in [5.41, 5.74) is -0.708. The third-order valence-electron chi connectivity index (χ3n) is 2.13. The van der Waals surface area contributed by atoms with Crippen LogP contribution in [0, 0.1) is 0 Å². The maximum atomic E-state index is 12.4. The second-order valence-corrected chi connectivity index (χ2v) is 4.61. The van der Waals surface area contributed by atoms with Gasteiger partial charge in [0.25, 0.3) is 0 Å². The Balaban J connectivity index is 2.93. The van der Waals surface area contributed by atoms with Gasteiger partial charge in [-0.3, -0.25) is 4.79 Å². The molecule has 17 heavy (non-hydrogen) atoms. The third-order valence-corrected chi connectivity index (χ3v) is 3.01. The van der Waals surface area contributed by atoms with E-state index >= 15 is 0 Å². The minimum Gasteiger partial charge on any atom is -0.294 e. The molecule has 1 aromatic rings. The van der Waals surface area contributed by atoms with E-state index in [0.717, 1.165) is 18.2 Å². The quantitative estimate of drug-likeness (QED) is 0.577. The molecule has 0 fully saturated rings. The van der Waals surface area contributed by atoms with Crippen molar-refractivity contribution >= 4 is 33.3 Å². The van der Waals surface area contributed by atoms with Crippen LogP contribution in [0.5, 0.6) is 0 Å². The molecule has 0 aliphatic heterocycles. The Morgan fingerprint density at radius 2 is 2.00 bits per heavy atom. The minimum atomic E-state index is -4.49. The van der Waals surface area contributed by atoms with Crippen molar-refractivity contribution in [2.75, 3.05) is 5.33 Å². The molecule has 0 N–H and O–H groups in total. The number of carbonyl (C=O) groups is 1. The molecule has 0 unspecified atom stereocenters. The van der Waals surface area contributed by atoms with Crippen LogP contribution in [0.2, 0.25) is 5.02 Å². The van der Waals surface area contributed by atoms with E-state index in [0.29, 0.717) is 11.8 Å². The van der Waals surface area contributed by atoms with E-state index < -0.39 is 16.8 Å². The van der Waals surface area contributed by atoms with E-state index in [-0.39, 0.29) is 17.8 Å². The fraction of sp³-hybridized carbons (Fsp3) is 0.364. The first-order valence-corrected chi connectivity index (χ1v) is 6.32. The Morgan fingerprint density at radius 3 is 2.47 bits per heavy atom. The first-order chi connectivity index (χ1) is 7.86. The molecule has 0 aliphatic rings. The zero-order valence-corrected chi connectivity index (χ0v) is 11.0. The Kier molecular flexibility index (Phi) is 5.01. The summed E-state index contributed by atoms with van der Waals surface area (Å²) in [5, 5.41) is 0.231. The normalized spacial score (nSPS) is 11.6. The summed E-state index contributed by atoms with van der Waals surface area (Å²) < 4.78 is 37.2. The van der Waals surface area contributed by atoms with Gasteiger partial charge in [0.05, 0.1) is 10.6 Å². The van der Waals surface area contributed by atoms with Gasteiger partial charge in [-0.2, -0.15) is 13.2 Å². The van der Waals surface area contributed by atoms with Gasteiger partial charge in [-0.15, -0.1) is 0 Å². The maximum absolute atomic E-state index is 12.4. The zero-order valence-electron chi connectivity index (χ0n) is 8.65. The molecule has 0 heterocycles. The van der Waals surface area contributed by atoms with Crippen molar-refractivity contribution in [3.8, 4) is 0 Å². The lowest BCUT2D eigenvalue weighted by atomic mass is 10.0. The fourth-order valence-corrected chi connectivity index (χ4v) is 1.86. The van der Waals surface area contributed by atoms with Crippen molar-refractivity contribution in [3.63, 3.8) is 0 Å². The number of halogens is 5. The van der Waals surface area contributed by atoms with Crippen LogP contribution in [-0.4, -0.2) is 11.1 Å². The summed E-state index contributed by atoms with van der Waals surface area (Å²) in [7, 11) is 0. The standard InChI is InChI=1S/C11H9BrClF3O/c12-5-1-2-10(17)7-3-4-8(9(13)6-7)11(14,15)16/h3-4,6H,1-2,5H2. The first kappa shape index (κ1) is 14.5. The summed E-state index contributed by atoms with van der Waals surface area (Å²) >= 11 is 8.69. The van der Waals surface area contributed by atoms with E-state index in [9.17, 15) is 18.0 Å². The molecule has 6 heteroatoms. The van der Waals surface area contributed by atoms with Crippen molar-refractivity contribution in [1.82, 2.24) is 0 Å². The lowest BCUT2D eigenvalue weighted by Crippen LogP contribution is -2.07. The SMILES string of the molecule is O=C(CCCBr)c1ccc(C(F)(F)F)c(Cl)c1. The highest BCUT2D eigenvalue weighted by atomic mass is 79.9. The predicted octanol–water partition coefficient (Wildman–Crippen LogP) is 4.72. The maximum Gasteiger partial charge on any atom is 0.417 e. The molecule has 1 nitrogen and oxygen atoms in total. The number of hydrogen-bond donors (Lipinski definition) is 0. The van der Waals surface area contributed by atoms with E-state index in [1.165, 1.54) is 0 Å². The number of hydrogen-bond acceptors (Lipinski definition) is 1. The van der Waals surface area contributed by atoms with E-state index in [1.54, 1.807) is 0 Å². The summed E-state index contributed by atoms with van der Waals surface area (Å²) in [6.45, 7) is 0. The number of carbonyl (C=O) groups excluding carboxylic acids is 1. The van der Waals surface area contributed by atoms with E-state index in [2.05, 4.69) is 15.9 Å². The molecule has 1 aromatic carbocycles. The highest BCUT2D eigenvalue weighted by Crippen LogP contribution is 2.35. The number of ketones is 1. The number of rotatable bonds is 4. The average molecular weight is 330 g/mol. The van der Waals surface area contributed by atoms with Gasteiger partial charge in [0.1, 0.15) is 0 Å². The Bertz CT molecular complexity index is 418. The molecule has 0 spiro atoms. The molecular weight excluding hydrogens is 320 g/mol. The topological polar surface area (TPSA) is 17.1 Å². The van der Waals surface area contributed by atoms with Gasteiger partial charge >= 0.3 is 6.18 Å². The molecule has 0 amide bonds. The second-order valence-electron chi connectivity index (χ2n) is 3.41. The molecule has 0 aromatic heterocycles. The van der Waals surface area contributed by atoms with Crippen LogP contribution >= 0.6 is 27.5 Å². The molecule has 0 bridgehead atoms. The zero-order chi connectivity index (χ0) is 13.1. The third kappa shape index (κ3) is 4.00. The Labute approximate surface area is 110 Å². The highest BCUT2D eigenvalue weighted by Gasteiger charge is 2.33. The van der Waals surface area contributed by atoms with Gasteiger partial charge in [-0.05, 0) is 18.6 Å². The summed E-state index contributed by atoms with van der Waals surface area (Å²) in [6, 6.07) is 3.07. The fourth-order valence-electron chi connectivity index (χ4n) is 1.29. The molecule has 94 valence electrons. The highest BCUT2D eigenvalue weighted by molar-refractivity contribution is 9.09. The number of benzene rings is 1. The minimum absolute atomic E-state index is 0.208. The lowest BCUT2D eigenvalue weighted by molar-refractivity contribution is -0.137. The van der Waals surface area contributed by atoms with Crippen LogP contribution in [-0.2, 0) is 6.18 Å². The molecule has 0 saturated carbocycles. The average Bonchev–Trinajstić information content (AvgIpc) is 2.23. The van der Waals surface area contributed by atoms with Crippen molar-refractivity contribution in [2.45, 2.75) is 19.0 Å². The first-order valence-electron chi connectivity index (χ1n) is 4.82. The van der Waals surface area contributed by atoms with Gasteiger partial charge < -0.3 is 0 Å². The molecule has 1 rings (SSSR count). The van der Waals surface area contributed by atoms with Gasteiger partial charge in [-0.1, -0.05) is 33.6 Å². The van der Waals surface area contributed by atoms with Crippen molar-refractivity contribution in [1.29, 1.82) is 0 Å². The van der Waals surface area contributed by atoms with Gasteiger partial charge in [0.15, 0.2) is 5.78 Å². The van der Waals surface area contributed by atoms with Gasteiger partial charge in [0, 0.05) is 17.3 Å². The van der Waals surface area contributed by atoms with Crippen molar-refractivity contribution < 1.29 is 18.0 Å². The van der Waals surface area contributed by atoms with Crippen LogP contribution in [0.15, 0.2) is 18.2 Å². The van der Waals surface area contributed by atoms with Crippen LogP contribution < -0.4 is 0 Å². The Morgan fingerprint density at radius 1 is 1.35 bits per heavy atom. The van der Waals surface area contributed by atoms with Crippen LogP contribution in [0.1, 0.15) is 28.8 Å². The van der Waals surface area contributed by atoms with Crippen LogP contribution in [0.4, 0.5) is 13.2 Å². The van der Waals surface area contributed by atoms with E-state index in [1.807, 2.05) is 0 Å². The molecule has 0 atom stereocenters. The molecule has 0 radical (unpaired) electrons. The smallest absolute Gasteiger partial charge is 0.294 e. The number of Topliss-reactive ketones (excluding diaryl/α,β-unsaturated/α-hetero) is 1. The monoisotopic (exact) mass is 328 g/mol. The van der Waals surface area contributed by atoms with Crippen molar-refractivity contribution in [2.24, 2.45) is 0 Å². The second kappa shape index (κ2) is 5.87. The van der Waals surface area contributed by atoms with Gasteiger partial charge in [0.2, 0.25) is 0 Å². The summed E-state index contributed by atoms with van der Waals surface area (Å²) in [5.74, 6) is -0.208. The molecular formula is C11H9BrClF3O. The predicted molar refractivity (Wildman–Crippen MR) is 63.8 cm³/mol. The number of alkyl halides is 4. The lowest BCUT2D eigenvalue weighted by Gasteiger charge is -2.09. The van der Waals surface area contributed by atoms with Crippen LogP contribution in [0.3, 0.4) is 0 Å². The van der Waals surface area contributed by atoms with Gasteiger partial charge in [-0.25, -0.2) is 0 Å². The molecule has 0 saturated heterocycles. The van der Waals surface area contributed by atoms with Crippen molar-refractivity contribution in [3.05, 3.63) is 34.3 Å². The van der Waals surface area contributed by atoms with E-state index in [4.69, 9.17) is 11.6 Å². The summed E-state index contributed by atoms with van der Waals surface area (Å²) in [6.07, 6.45) is -3.57. The van der Waals surface area contributed by atoms with Crippen LogP contribution in [0.25, 0.3) is 0 Å².